The minimum atomic E-state index is -0.625. The second-order valence-electron chi connectivity index (χ2n) is 6.49. The van der Waals surface area contributed by atoms with Crippen molar-refractivity contribution in [3.63, 3.8) is 0 Å². The van der Waals surface area contributed by atoms with Crippen LogP contribution < -0.4 is 4.74 Å². The van der Waals surface area contributed by atoms with E-state index < -0.39 is 6.16 Å². The number of ether oxygens (including phenoxy) is 2. The first-order valence-electron chi connectivity index (χ1n) is 9.50. The topological polar surface area (TPSA) is 35.5 Å². The van der Waals surface area contributed by atoms with Crippen LogP contribution in [0.15, 0.2) is 42.5 Å². The zero-order chi connectivity index (χ0) is 18.5. The Hall–Kier alpha value is -2.55. The lowest BCUT2D eigenvalue weighted by molar-refractivity contribution is 0.0988. The molecule has 0 aliphatic carbocycles. The molecule has 136 valence electrons. The molecule has 0 N–H and O–H groups in total. The Kier molecular flexibility index (Phi) is 5.77. The van der Waals surface area contributed by atoms with E-state index >= 15 is 0 Å². The van der Waals surface area contributed by atoms with Gasteiger partial charge in [-0.05, 0) is 47.2 Å². The number of carbonyl (C=O) groups excluding carboxylic acids is 1. The molecule has 0 aromatic heterocycles. The summed E-state index contributed by atoms with van der Waals surface area (Å²) in [4.78, 5) is 12.3. The van der Waals surface area contributed by atoms with Crippen molar-refractivity contribution in [3.8, 4) is 5.75 Å². The first-order valence-corrected chi connectivity index (χ1v) is 9.50. The van der Waals surface area contributed by atoms with E-state index in [1.807, 2.05) is 24.3 Å². The van der Waals surface area contributed by atoms with Crippen molar-refractivity contribution in [1.29, 1.82) is 0 Å². The van der Waals surface area contributed by atoms with Crippen LogP contribution in [-0.4, -0.2) is 12.8 Å². The molecule has 0 radical (unpaired) electrons. The molecule has 3 aromatic rings. The summed E-state index contributed by atoms with van der Waals surface area (Å²) in [5.41, 5.74) is 2.53. The fourth-order valence-electron chi connectivity index (χ4n) is 3.48. The van der Waals surface area contributed by atoms with Crippen LogP contribution in [0.3, 0.4) is 0 Å². The summed E-state index contributed by atoms with van der Waals surface area (Å²) >= 11 is 0. The minimum absolute atomic E-state index is 0.388. The maximum Gasteiger partial charge on any atom is 0.513 e. The number of rotatable bonds is 6. The molecule has 0 aliphatic rings. The number of hydrogen-bond acceptors (Lipinski definition) is 3. The molecular weight excluding hydrogens is 324 g/mol. The van der Waals surface area contributed by atoms with Crippen LogP contribution in [0.2, 0.25) is 0 Å². The Balaban J connectivity index is 2.19. The number of hydrogen-bond donors (Lipinski definition) is 0. The summed E-state index contributed by atoms with van der Waals surface area (Å²) < 4.78 is 11.0. The zero-order valence-corrected chi connectivity index (χ0v) is 15.8. The molecule has 26 heavy (non-hydrogen) atoms. The van der Waals surface area contributed by atoms with Crippen molar-refractivity contribution in [2.45, 2.75) is 46.5 Å². The second kappa shape index (κ2) is 8.22. The fraction of sp³-hybridized carbons (Fsp3) is 0.348. The van der Waals surface area contributed by atoms with E-state index in [4.69, 9.17) is 9.47 Å². The number of benzene rings is 3. The molecule has 0 unspecified atom stereocenters. The number of fused-ring (bicyclic) bond motifs is 2. The molecular formula is C23H26O3. The lowest BCUT2D eigenvalue weighted by Gasteiger charge is -2.16. The first-order chi connectivity index (χ1) is 12.7. The molecule has 0 saturated carbocycles. The third-order valence-electron chi connectivity index (χ3n) is 4.82. The van der Waals surface area contributed by atoms with Crippen molar-refractivity contribution in [2.75, 3.05) is 6.61 Å². The third kappa shape index (κ3) is 3.52. The number of carbonyl (C=O) groups is 1. The summed E-state index contributed by atoms with van der Waals surface area (Å²) in [7, 11) is 0. The van der Waals surface area contributed by atoms with Crippen LogP contribution in [0.4, 0.5) is 4.79 Å². The van der Waals surface area contributed by atoms with Gasteiger partial charge in [-0.3, -0.25) is 0 Å². The SMILES string of the molecule is CCCCOC(=O)Oc1c2ccccc2cc2ccc(CC)c(CC)c12. The third-order valence-corrected chi connectivity index (χ3v) is 4.82. The Labute approximate surface area is 154 Å². The molecule has 3 nitrogen and oxygen atoms in total. The standard InChI is InChI=1S/C23H26O3/c1-4-7-14-25-23(24)26-22-20-11-9-8-10-17(20)15-18-13-12-16(5-2)19(6-3)21(18)22/h8-13,15H,4-7,14H2,1-3H3. The molecule has 0 amide bonds. The van der Waals surface area contributed by atoms with Crippen LogP contribution in [0.25, 0.3) is 21.5 Å². The van der Waals surface area contributed by atoms with E-state index in [9.17, 15) is 4.79 Å². The highest BCUT2D eigenvalue weighted by Crippen LogP contribution is 2.38. The van der Waals surface area contributed by atoms with Gasteiger partial charge in [-0.25, -0.2) is 4.79 Å². The zero-order valence-electron chi connectivity index (χ0n) is 15.8. The van der Waals surface area contributed by atoms with E-state index in [-0.39, 0.29) is 0 Å². The van der Waals surface area contributed by atoms with Gasteiger partial charge in [0.2, 0.25) is 0 Å². The maximum absolute atomic E-state index is 12.3. The van der Waals surface area contributed by atoms with Crippen LogP contribution in [0.1, 0.15) is 44.7 Å². The van der Waals surface area contributed by atoms with Gasteiger partial charge in [0.05, 0.1) is 6.61 Å². The second-order valence-corrected chi connectivity index (χ2v) is 6.49. The van der Waals surface area contributed by atoms with Crippen LogP contribution >= 0.6 is 0 Å². The average molecular weight is 350 g/mol. The van der Waals surface area contributed by atoms with Gasteiger partial charge in [0.1, 0.15) is 5.75 Å². The highest BCUT2D eigenvalue weighted by atomic mass is 16.7. The fourth-order valence-corrected chi connectivity index (χ4v) is 3.48. The van der Waals surface area contributed by atoms with Gasteiger partial charge >= 0.3 is 6.16 Å². The van der Waals surface area contributed by atoms with Gasteiger partial charge in [0, 0.05) is 10.8 Å². The Morgan fingerprint density at radius 3 is 2.50 bits per heavy atom. The van der Waals surface area contributed by atoms with Gasteiger partial charge in [-0.15, -0.1) is 0 Å². The van der Waals surface area contributed by atoms with Gasteiger partial charge in [-0.2, -0.15) is 0 Å². The van der Waals surface area contributed by atoms with Gasteiger partial charge < -0.3 is 9.47 Å². The Morgan fingerprint density at radius 2 is 1.77 bits per heavy atom. The molecule has 3 heteroatoms. The van der Waals surface area contributed by atoms with Gasteiger partial charge in [-0.1, -0.05) is 63.6 Å². The molecule has 0 atom stereocenters. The van der Waals surface area contributed by atoms with Gasteiger partial charge in [0.25, 0.3) is 0 Å². The van der Waals surface area contributed by atoms with E-state index in [0.717, 1.165) is 47.2 Å². The summed E-state index contributed by atoms with van der Waals surface area (Å²) in [6.45, 7) is 6.75. The van der Waals surface area contributed by atoms with Crippen LogP contribution in [-0.2, 0) is 17.6 Å². The Morgan fingerprint density at radius 1 is 0.962 bits per heavy atom. The average Bonchev–Trinajstić information content (AvgIpc) is 2.67. The maximum atomic E-state index is 12.3. The largest absolute Gasteiger partial charge is 0.513 e. The quantitative estimate of drug-likeness (QED) is 0.222. The number of unbranched alkanes of at least 4 members (excludes halogenated alkanes) is 1. The van der Waals surface area contributed by atoms with Crippen molar-refractivity contribution >= 4 is 27.7 Å². The van der Waals surface area contributed by atoms with E-state index in [1.165, 1.54) is 11.1 Å². The number of aryl methyl sites for hydroxylation is 2. The molecule has 0 heterocycles. The highest BCUT2D eigenvalue weighted by molar-refractivity contribution is 6.08. The molecule has 3 rings (SSSR count). The summed E-state index contributed by atoms with van der Waals surface area (Å²) in [5.74, 6) is 0.617. The molecule has 0 spiro atoms. The van der Waals surface area contributed by atoms with Crippen molar-refractivity contribution in [1.82, 2.24) is 0 Å². The van der Waals surface area contributed by atoms with Gasteiger partial charge in [0.15, 0.2) is 0 Å². The smallest absolute Gasteiger partial charge is 0.434 e. The molecule has 0 aliphatic heterocycles. The molecule has 0 fully saturated rings. The van der Waals surface area contributed by atoms with E-state index in [2.05, 4.69) is 39.0 Å². The normalized spacial score (nSPS) is 11.0. The Bertz CT molecular complexity index is 928. The van der Waals surface area contributed by atoms with E-state index in [0.29, 0.717) is 12.4 Å². The van der Waals surface area contributed by atoms with E-state index in [1.54, 1.807) is 0 Å². The lowest BCUT2D eigenvalue weighted by atomic mass is 9.92. The molecule has 0 bridgehead atoms. The van der Waals surface area contributed by atoms with Crippen molar-refractivity contribution in [3.05, 3.63) is 53.6 Å². The highest BCUT2D eigenvalue weighted by Gasteiger charge is 2.17. The lowest BCUT2D eigenvalue weighted by Crippen LogP contribution is -2.12. The predicted octanol–water partition coefficient (Wildman–Crippen LogP) is 6.43. The van der Waals surface area contributed by atoms with Crippen LogP contribution in [0, 0.1) is 0 Å². The van der Waals surface area contributed by atoms with Crippen LogP contribution in [0.5, 0.6) is 5.75 Å². The molecule has 3 aromatic carbocycles. The molecule has 0 saturated heterocycles. The summed E-state index contributed by atoms with van der Waals surface area (Å²) in [6.07, 6.45) is 3.03. The predicted molar refractivity (Wildman–Crippen MR) is 107 cm³/mol. The van der Waals surface area contributed by atoms with Crippen molar-refractivity contribution < 1.29 is 14.3 Å². The summed E-state index contributed by atoms with van der Waals surface area (Å²) in [5, 5.41) is 4.12. The first kappa shape index (κ1) is 18.2. The monoisotopic (exact) mass is 350 g/mol. The minimum Gasteiger partial charge on any atom is -0.434 e. The van der Waals surface area contributed by atoms with Crippen molar-refractivity contribution in [2.24, 2.45) is 0 Å². The summed E-state index contributed by atoms with van der Waals surface area (Å²) in [6, 6.07) is 14.5.